The summed E-state index contributed by atoms with van der Waals surface area (Å²) in [6.07, 6.45) is 0.391. The molecule has 19 heavy (non-hydrogen) atoms. The fraction of sp³-hybridized carbons (Fsp3) is 0.500. The molecular weight excluding hydrogens is 248 g/mol. The summed E-state index contributed by atoms with van der Waals surface area (Å²) in [5.41, 5.74) is 1.68. The molecule has 0 spiro atoms. The second-order valence-corrected chi connectivity index (χ2v) is 4.33. The van der Waals surface area contributed by atoms with Crippen LogP contribution < -0.4 is 9.47 Å². The Balaban J connectivity index is 3.15. The molecule has 1 rings (SSSR count). The summed E-state index contributed by atoms with van der Waals surface area (Å²) < 4.78 is 15.8. The summed E-state index contributed by atoms with van der Waals surface area (Å²) in [5, 5.41) is 8.98. The number of hydrogen-bond donors (Lipinski definition) is 1. The maximum absolute atomic E-state index is 10.9. The Hall–Kier alpha value is -1.75. The van der Waals surface area contributed by atoms with Gasteiger partial charge in [-0.05, 0) is 12.0 Å². The molecule has 1 atom stereocenters. The Bertz CT molecular complexity index is 442. The predicted octanol–water partition coefficient (Wildman–Crippen LogP) is 2.11. The van der Waals surface area contributed by atoms with Gasteiger partial charge in [-0.2, -0.15) is 0 Å². The van der Waals surface area contributed by atoms with E-state index in [-0.39, 0.29) is 0 Å². The van der Waals surface area contributed by atoms with Crippen LogP contribution in [0.3, 0.4) is 0 Å². The van der Waals surface area contributed by atoms with Crippen molar-refractivity contribution in [1.29, 1.82) is 0 Å². The van der Waals surface area contributed by atoms with E-state index >= 15 is 0 Å². The van der Waals surface area contributed by atoms with Crippen LogP contribution in [0.25, 0.3) is 0 Å². The van der Waals surface area contributed by atoms with Crippen LogP contribution in [0.4, 0.5) is 0 Å². The lowest BCUT2D eigenvalue weighted by molar-refractivity contribution is -0.141. The highest BCUT2D eigenvalue weighted by Crippen LogP contribution is 2.36. The van der Waals surface area contributed by atoms with Gasteiger partial charge in [-0.3, -0.25) is 4.79 Å². The highest BCUT2D eigenvalue weighted by Gasteiger charge is 2.19. The first-order valence-electron chi connectivity index (χ1n) is 5.99. The molecule has 1 aromatic rings. The fourth-order valence-electron chi connectivity index (χ4n) is 1.94. The molecule has 1 unspecified atom stereocenters. The molecule has 0 bridgehead atoms. The van der Waals surface area contributed by atoms with Crippen molar-refractivity contribution < 1.29 is 24.1 Å². The van der Waals surface area contributed by atoms with Crippen LogP contribution >= 0.6 is 0 Å². The molecule has 5 heteroatoms. The smallest absolute Gasteiger partial charge is 0.306 e. The van der Waals surface area contributed by atoms with Crippen LogP contribution in [0.5, 0.6) is 11.5 Å². The van der Waals surface area contributed by atoms with Gasteiger partial charge in [0.05, 0.1) is 26.7 Å². The zero-order valence-corrected chi connectivity index (χ0v) is 11.7. The molecule has 0 aromatic heterocycles. The number of hydrogen-bond acceptors (Lipinski definition) is 4. The van der Waals surface area contributed by atoms with Gasteiger partial charge in [-0.25, -0.2) is 0 Å². The van der Waals surface area contributed by atoms with Crippen molar-refractivity contribution in [2.75, 3.05) is 21.3 Å². The minimum atomic E-state index is -0.831. The van der Waals surface area contributed by atoms with Gasteiger partial charge in [0.15, 0.2) is 11.5 Å². The number of benzene rings is 1. The van der Waals surface area contributed by atoms with E-state index in [2.05, 4.69) is 0 Å². The van der Waals surface area contributed by atoms with Crippen LogP contribution in [0.1, 0.15) is 18.1 Å². The van der Waals surface area contributed by atoms with E-state index in [1.807, 2.05) is 12.1 Å². The number of methoxy groups -OCH3 is 3. The number of rotatable bonds is 7. The Labute approximate surface area is 113 Å². The number of carboxylic acid groups (broad SMARTS) is 1. The Morgan fingerprint density at radius 1 is 1.16 bits per heavy atom. The van der Waals surface area contributed by atoms with Crippen LogP contribution in [0.15, 0.2) is 12.1 Å². The number of aliphatic carboxylic acids is 1. The molecular formula is C14H20O5. The van der Waals surface area contributed by atoms with E-state index in [4.69, 9.17) is 19.3 Å². The summed E-state index contributed by atoms with van der Waals surface area (Å²) >= 11 is 0. The fourth-order valence-corrected chi connectivity index (χ4v) is 1.94. The van der Waals surface area contributed by atoms with Crippen molar-refractivity contribution in [1.82, 2.24) is 0 Å². The van der Waals surface area contributed by atoms with Gasteiger partial charge in [0.2, 0.25) is 0 Å². The first-order valence-corrected chi connectivity index (χ1v) is 5.99. The van der Waals surface area contributed by atoms with Crippen molar-refractivity contribution in [3.05, 3.63) is 23.3 Å². The van der Waals surface area contributed by atoms with Crippen LogP contribution in [0, 0.1) is 5.92 Å². The van der Waals surface area contributed by atoms with Crippen molar-refractivity contribution in [2.24, 2.45) is 5.92 Å². The van der Waals surface area contributed by atoms with Gasteiger partial charge in [-0.15, -0.1) is 0 Å². The molecule has 0 saturated carbocycles. The second kappa shape index (κ2) is 6.99. The van der Waals surface area contributed by atoms with E-state index in [0.29, 0.717) is 24.5 Å². The molecule has 0 heterocycles. The summed E-state index contributed by atoms with van der Waals surface area (Å²) in [5.74, 6) is -0.140. The van der Waals surface area contributed by atoms with E-state index in [0.717, 1.165) is 11.1 Å². The first kappa shape index (κ1) is 15.3. The van der Waals surface area contributed by atoms with Crippen molar-refractivity contribution in [3.63, 3.8) is 0 Å². The van der Waals surface area contributed by atoms with E-state index in [9.17, 15) is 4.79 Å². The van der Waals surface area contributed by atoms with Gasteiger partial charge < -0.3 is 19.3 Å². The van der Waals surface area contributed by atoms with E-state index in [1.165, 1.54) is 0 Å². The molecule has 1 aromatic carbocycles. The molecule has 0 fully saturated rings. The van der Waals surface area contributed by atoms with Gasteiger partial charge in [0.1, 0.15) is 0 Å². The molecule has 0 aliphatic heterocycles. The summed E-state index contributed by atoms with van der Waals surface area (Å²) in [7, 11) is 4.71. The summed E-state index contributed by atoms with van der Waals surface area (Å²) in [6, 6.07) is 3.73. The molecule has 0 amide bonds. The monoisotopic (exact) mass is 268 g/mol. The molecule has 5 nitrogen and oxygen atoms in total. The zero-order valence-electron chi connectivity index (χ0n) is 11.7. The number of carboxylic acids is 1. The van der Waals surface area contributed by atoms with Crippen LogP contribution in [-0.4, -0.2) is 32.4 Å². The molecule has 0 radical (unpaired) electrons. The lowest BCUT2D eigenvalue weighted by Crippen LogP contribution is -2.13. The van der Waals surface area contributed by atoms with Gasteiger partial charge in [-0.1, -0.05) is 19.1 Å². The minimum absolute atomic E-state index is 0.391. The third-order valence-electron chi connectivity index (χ3n) is 2.93. The van der Waals surface area contributed by atoms with Gasteiger partial charge in [0, 0.05) is 12.7 Å². The highest BCUT2D eigenvalue weighted by molar-refractivity contribution is 5.70. The highest BCUT2D eigenvalue weighted by atomic mass is 16.5. The second-order valence-electron chi connectivity index (χ2n) is 4.33. The van der Waals surface area contributed by atoms with E-state index in [1.54, 1.807) is 28.3 Å². The van der Waals surface area contributed by atoms with Crippen molar-refractivity contribution in [3.8, 4) is 11.5 Å². The number of ether oxygens (including phenoxy) is 3. The molecule has 0 saturated heterocycles. The molecule has 0 aliphatic carbocycles. The minimum Gasteiger partial charge on any atom is -0.493 e. The van der Waals surface area contributed by atoms with Gasteiger partial charge in [0.25, 0.3) is 0 Å². The average Bonchev–Trinajstić information content (AvgIpc) is 2.39. The van der Waals surface area contributed by atoms with Crippen LogP contribution in [-0.2, 0) is 22.6 Å². The number of carbonyl (C=O) groups is 1. The maximum Gasteiger partial charge on any atom is 0.306 e. The largest absolute Gasteiger partial charge is 0.493 e. The normalized spacial score (nSPS) is 12.0. The Kier molecular flexibility index (Phi) is 5.63. The van der Waals surface area contributed by atoms with Gasteiger partial charge >= 0.3 is 5.97 Å². The van der Waals surface area contributed by atoms with Crippen LogP contribution in [0.2, 0.25) is 0 Å². The first-order chi connectivity index (χ1) is 9.04. The maximum atomic E-state index is 10.9. The average molecular weight is 268 g/mol. The lowest BCUT2D eigenvalue weighted by atomic mass is 9.98. The van der Waals surface area contributed by atoms with E-state index < -0.39 is 11.9 Å². The Morgan fingerprint density at radius 3 is 2.16 bits per heavy atom. The predicted molar refractivity (Wildman–Crippen MR) is 70.8 cm³/mol. The molecule has 106 valence electrons. The zero-order chi connectivity index (χ0) is 14.4. The quantitative estimate of drug-likeness (QED) is 0.820. The summed E-state index contributed by atoms with van der Waals surface area (Å²) in [4.78, 5) is 10.9. The third kappa shape index (κ3) is 3.61. The topological polar surface area (TPSA) is 65.0 Å². The SMILES string of the molecule is COCc1ccc(CC(C)C(=O)O)c(OC)c1OC. The van der Waals surface area contributed by atoms with Crippen molar-refractivity contribution in [2.45, 2.75) is 20.0 Å². The molecule has 0 aliphatic rings. The third-order valence-corrected chi connectivity index (χ3v) is 2.93. The molecule has 1 N–H and O–H groups in total. The lowest BCUT2D eigenvalue weighted by Gasteiger charge is -2.17. The summed E-state index contributed by atoms with van der Waals surface area (Å²) in [6.45, 7) is 2.08. The van der Waals surface area contributed by atoms with Crippen molar-refractivity contribution >= 4 is 5.97 Å². The standard InChI is InChI=1S/C14H20O5/c1-9(14(15)16)7-10-5-6-11(8-17-2)13(19-4)12(10)18-3/h5-6,9H,7-8H2,1-4H3,(H,15,16). The Morgan fingerprint density at radius 2 is 1.68 bits per heavy atom.